The monoisotopic (exact) mass is 359 g/mol. The zero-order valence-corrected chi connectivity index (χ0v) is 15.5. The van der Waals surface area contributed by atoms with E-state index >= 15 is 0 Å². The third-order valence-electron chi connectivity index (χ3n) is 4.63. The lowest BCUT2D eigenvalue weighted by Gasteiger charge is -2.31. The molecular weight excluding hydrogens is 334 g/mol. The number of aromatic nitrogens is 2. The number of nitro groups is 1. The van der Waals surface area contributed by atoms with E-state index in [0.717, 1.165) is 49.4 Å². The number of hydrogen-bond acceptors (Lipinski definition) is 5. The standard InChI is InChI=1S/C19H25N3O4/c1-4-14-13-17(19(2,3)26-18-7-5-6-12-25-18)20-21(14)15-8-10-16(11-9-15)22(23)24/h8-11,13,18H,4-7,12H2,1-3H3. The Bertz CT molecular complexity index is 762. The van der Waals surface area contributed by atoms with Gasteiger partial charge in [-0.1, -0.05) is 6.92 Å². The fourth-order valence-electron chi connectivity index (χ4n) is 3.10. The predicted octanol–water partition coefficient (Wildman–Crippen LogP) is 4.12. The topological polar surface area (TPSA) is 79.4 Å². The van der Waals surface area contributed by atoms with E-state index in [1.807, 2.05) is 24.6 Å². The Labute approximate surface area is 153 Å². The molecule has 26 heavy (non-hydrogen) atoms. The zero-order valence-electron chi connectivity index (χ0n) is 15.5. The van der Waals surface area contributed by atoms with Gasteiger partial charge in [0.25, 0.3) is 5.69 Å². The van der Waals surface area contributed by atoms with Crippen LogP contribution in [0.25, 0.3) is 5.69 Å². The zero-order chi connectivity index (χ0) is 18.7. The summed E-state index contributed by atoms with van der Waals surface area (Å²) in [5.74, 6) is 0. The van der Waals surface area contributed by atoms with Gasteiger partial charge in [-0.15, -0.1) is 0 Å². The molecule has 0 amide bonds. The molecule has 1 unspecified atom stereocenters. The lowest BCUT2D eigenvalue weighted by molar-refractivity contribution is -0.384. The van der Waals surface area contributed by atoms with Gasteiger partial charge in [0, 0.05) is 24.4 Å². The van der Waals surface area contributed by atoms with Crippen LogP contribution in [0.5, 0.6) is 0 Å². The van der Waals surface area contributed by atoms with Crippen molar-refractivity contribution in [2.75, 3.05) is 6.61 Å². The van der Waals surface area contributed by atoms with E-state index in [0.29, 0.717) is 0 Å². The quantitative estimate of drug-likeness (QED) is 0.572. The van der Waals surface area contributed by atoms with E-state index in [2.05, 4.69) is 6.92 Å². The average molecular weight is 359 g/mol. The van der Waals surface area contributed by atoms with Gasteiger partial charge in [0.15, 0.2) is 6.29 Å². The van der Waals surface area contributed by atoms with Crippen molar-refractivity contribution >= 4 is 5.69 Å². The lowest BCUT2D eigenvalue weighted by Crippen LogP contribution is -2.32. The van der Waals surface area contributed by atoms with Crippen LogP contribution in [0, 0.1) is 10.1 Å². The molecule has 1 fully saturated rings. The maximum absolute atomic E-state index is 10.9. The summed E-state index contributed by atoms with van der Waals surface area (Å²) in [6, 6.07) is 8.45. The third-order valence-corrected chi connectivity index (χ3v) is 4.63. The third kappa shape index (κ3) is 3.94. The number of rotatable bonds is 6. The fraction of sp³-hybridized carbons (Fsp3) is 0.526. The van der Waals surface area contributed by atoms with Crippen molar-refractivity contribution in [1.82, 2.24) is 9.78 Å². The van der Waals surface area contributed by atoms with E-state index < -0.39 is 10.5 Å². The molecule has 140 valence electrons. The maximum atomic E-state index is 10.9. The Hall–Kier alpha value is -2.25. The van der Waals surface area contributed by atoms with Gasteiger partial charge in [0.1, 0.15) is 5.60 Å². The molecule has 1 aliphatic heterocycles. The highest BCUT2D eigenvalue weighted by atomic mass is 16.7. The summed E-state index contributed by atoms with van der Waals surface area (Å²) in [6.07, 6.45) is 3.67. The SMILES string of the molecule is CCc1cc(C(C)(C)OC2CCCCO2)nn1-c1ccc([N+](=O)[O-])cc1. The molecule has 0 aliphatic carbocycles. The van der Waals surface area contributed by atoms with Crippen LogP contribution in [0.1, 0.15) is 51.4 Å². The van der Waals surface area contributed by atoms with Gasteiger partial charge < -0.3 is 9.47 Å². The van der Waals surface area contributed by atoms with Crippen LogP contribution in [-0.2, 0) is 21.5 Å². The number of ether oxygens (including phenoxy) is 2. The van der Waals surface area contributed by atoms with E-state index in [9.17, 15) is 10.1 Å². The first kappa shape index (κ1) is 18.5. The highest BCUT2D eigenvalue weighted by molar-refractivity contribution is 5.41. The molecule has 1 atom stereocenters. The van der Waals surface area contributed by atoms with Gasteiger partial charge in [-0.25, -0.2) is 4.68 Å². The molecule has 1 aromatic heterocycles. The molecule has 2 heterocycles. The molecule has 0 saturated carbocycles. The second-order valence-electron chi connectivity index (χ2n) is 6.98. The Morgan fingerprint density at radius 2 is 2.08 bits per heavy atom. The molecule has 7 heteroatoms. The predicted molar refractivity (Wildman–Crippen MR) is 97.3 cm³/mol. The van der Waals surface area contributed by atoms with Crippen LogP contribution < -0.4 is 0 Å². The molecule has 0 radical (unpaired) electrons. The number of nitrogens with zero attached hydrogens (tertiary/aromatic N) is 3. The number of non-ortho nitro benzene ring substituents is 1. The smallest absolute Gasteiger partial charge is 0.269 e. The first-order chi connectivity index (χ1) is 12.4. The molecule has 2 aromatic rings. The van der Waals surface area contributed by atoms with Crippen molar-refractivity contribution in [2.45, 2.75) is 58.3 Å². The van der Waals surface area contributed by atoms with Gasteiger partial charge in [-0.05, 0) is 57.7 Å². The molecule has 3 rings (SSSR count). The van der Waals surface area contributed by atoms with E-state index in [1.165, 1.54) is 12.1 Å². The first-order valence-corrected chi connectivity index (χ1v) is 9.04. The van der Waals surface area contributed by atoms with Crippen molar-refractivity contribution in [2.24, 2.45) is 0 Å². The summed E-state index contributed by atoms with van der Waals surface area (Å²) in [5, 5.41) is 15.6. The Balaban J connectivity index is 1.86. The van der Waals surface area contributed by atoms with Crippen LogP contribution in [0.15, 0.2) is 30.3 Å². The Morgan fingerprint density at radius 1 is 1.35 bits per heavy atom. The fourth-order valence-corrected chi connectivity index (χ4v) is 3.10. The first-order valence-electron chi connectivity index (χ1n) is 9.04. The Morgan fingerprint density at radius 3 is 2.65 bits per heavy atom. The summed E-state index contributed by atoms with van der Waals surface area (Å²) in [5.41, 5.74) is 2.12. The van der Waals surface area contributed by atoms with Crippen LogP contribution in [0.2, 0.25) is 0 Å². The van der Waals surface area contributed by atoms with Gasteiger partial charge in [0.2, 0.25) is 0 Å². The van der Waals surface area contributed by atoms with Crippen molar-refractivity contribution in [3.63, 3.8) is 0 Å². The maximum Gasteiger partial charge on any atom is 0.269 e. The Kier molecular flexibility index (Phi) is 5.38. The summed E-state index contributed by atoms with van der Waals surface area (Å²) in [6.45, 7) is 6.78. The van der Waals surface area contributed by atoms with Gasteiger partial charge in [0.05, 0.1) is 16.3 Å². The summed E-state index contributed by atoms with van der Waals surface area (Å²) in [4.78, 5) is 10.4. The van der Waals surface area contributed by atoms with Gasteiger partial charge >= 0.3 is 0 Å². The number of benzene rings is 1. The van der Waals surface area contributed by atoms with E-state index in [1.54, 1.807) is 12.1 Å². The van der Waals surface area contributed by atoms with Crippen LogP contribution in [0.3, 0.4) is 0 Å². The summed E-state index contributed by atoms with van der Waals surface area (Å²) >= 11 is 0. The van der Waals surface area contributed by atoms with Gasteiger partial charge in [-0.2, -0.15) is 5.10 Å². The van der Waals surface area contributed by atoms with E-state index in [4.69, 9.17) is 14.6 Å². The lowest BCUT2D eigenvalue weighted by atomic mass is 10.0. The number of aryl methyl sites for hydroxylation is 1. The highest BCUT2D eigenvalue weighted by Gasteiger charge is 2.30. The van der Waals surface area contributed by atoms with Crippen LogP contribution in [0.4, 0.5) is 5.69 Å². The summed E-state index contributed by atoms with van der Waals surface area (Å²) < 4.78 is 13.7. The second kappa shape index (κ2) is 7.55. The van der Waals surface area contributed by atoms with Crippen molar-refractivity contribution in [3.05, 3.63) is 51.8 Å². The molecule has 1 aromatic carbocycles. The van der Waals surface area contributed by atoms with Gasteiger partial charge in [-0.3, -0.25) is 10.1 Å². The molecule has 0 N–H and O–H groups in total. The van der Waals surface area contributed by atoms with Crippen molar-refractivity contribution in [3.8, 4) is 5.69 Å². The largest absolute Gasteiger partial charge is 0.353 e. The minimum atomic E-state index is -0.585. The van der Waals surface area contributed by atoms with Crippen molar-refractivity contribution < 1.29 is 14.4 Å². The number of nitro benzene ring substituents is 1. The molecule has 0 bridgehead atoms. The highest BCUT2D eigenvalue weighted by Crippen LogP contribution is 2.30. The molecule has 1 saturated heterocycles. The van der Waals surface area contributed by atoms with Crippen molar-refractivity contribution in [1.29, 1.82) is 0 Å². The normalized spacial score (nSPS) is 18.0. The summed E-state index contributed by atoms with van der Waals surface area (Å²) in [7, 11) is 0. The molecule has 7 nitrogen and oxygen atoms in total. The van der Waals surface area contributed by atoms with Crippen LogP contribution in [-0.4, -0.2) is 27.6 Å². The van der Waals surface area contributed by atoms with Crippen LogP contribution >= 0.6 is 0 Å². The number of hydrogen-bond donors (Lipinski definition) is 0. The minimum Gasteiger partial charge on any atom is -0.353 e. The van der Waals surface area contributed by atoms with E-state index in [-0.39, 0.29) is 12.0 Å². The second-order valence-corrected chi connectivity index (χ2v) is 6.98. The minimum absolute atomic E-state index is 0.0669. The average Bonchev–Trinajstić information content (AvgIpc) is 3.07. The molecular formula is C19H25N3O4. The molecule has 0 spiro atoms. The molecule has 1 aliphatic rings.